The van der Waals surface area contributed by atoms with E-state index in [2.05, 4.69) is 89.0 Å². The van der Waals surface area contributed by atoms with E-state index in [1.54, 1.807) is 0 Å². The Kier molecular flexibility index (Phi) is 13.6. The Labute approximate surface area is 300 Å². The van der Waals surface area contributed by atoms with Gasteiger partial charge in [0.15, 0.2) is 16.9 Å². The molecule has 1 N–H and O–H groups in total. The van der Waals surface area contributed by atoms with E-state index in [0.717, 1.165) is 93.5 Å². The Hall–Kier alpha value is -3.47. The van der Waals surface area contributed by atoms with Gasteiger partial charge in [-0.2, -0.15) is 0 Å². The first-order chi connectivity index (χ1) is 22.3. The van der Waals surface area contributed by atoms with Crippen molar-refractivity contribution in [3.8, 4) is 22.6 Å². The summed E-state index contributed by atoms with van der Waals surface area (Å²) in [5, 5.41) is 12.0. The van der Waals surface area contributed by atoms with Crippen LogP contribution in [-0.2, 0) is 31.3 Å². The smallest absolute Gasteiger partial charge is 0.176 e. The maximum absolute atomic E-state index is 11.7. The van der Waals surface area contributed by atoms with Crippen molar-refractivity contribution in [2.45, 2.75) is 101 Å². The molecule has 48 heavy (non-hydrogen) atoms. The molecule has 0 amide bonds. The van der Waals surface area contributed by atoms with Gasteiger partial charge in [-0.1, -0.05) is 74.4 Å². The number of aromatic nitrogens is 1. The van der Waals surface area contributed by atoms with Gasteiger partial charge in [0, 0.05) is 67.8 Å². The zero-order valence-electron chi connectivity index (χ0n) is 30.3. The first kappa shape index (κ1) is 39.0. The Morgan fingerprint density at radius 3 is 2.17 bits per heavy atom. The minimum absolute atomic E-state index is 0. The first-order valence-electron chi connectivity index (χ1n) is 17.1. The number of aliphatic hydroxyl groups is 1. The van der Waals surface area contributed by atoms with E-state index < -0.39 is 0 Å². The summed E-state index contributed by atoms with van der Waals surface area (Å²) in [4.78, 5) is 16.4. The summed E-state index contributed by atoms with van der Waals surface area (Å²) in [6, 6.07) is 18.2. The zero-order chi connectivity index (χ0) is 34.5. The molecule has 5 aromatic rings. The van der Waals surface area contributed by atoms with Crippen molar-refractivity contribution in [3.63, 3.8) is 0 Å². The summed E-state index contributed by atoms with van der Waals surface area (Å²) in [6.07, 6.45) is 7.66. The van der Waals surface area contributed by atoms with Gasteiger partial charge >= 0.3 is 0 Å². The van der Waals surface area contributed by atoms with Crippen LogP contribution < -0.4 is 0 Å². The van der Waals surface area contributed by atoms with Crippen molar-refractivity contribution in [1.29, 1.82) is 0 Å². The SMILES string of the molecule is CCC(CC)C(=O)/C=C(\O)C(CC)CC.Cc1[c-]c(-c2nccc3cc(-c4oc5cc(CC(C)(C)C)oc5c4C)ccc23)cc(C)c1.[Ir]. The summed E-state index contributed by atoms with van der Waals surface area (Å²) >= 11 is 0. The van der Waals surface area contributed by atoms with Crippen molar-refractivity contribution < 1.29 is 38.8 Å². The number of nitrogens with zero attached hydrogens (tertiary/aromatic N) is 1. The molecule has 3 aromatic heterocycles. The molecule has 0 fully saturated rings. The van der Waals surface area contributed by atoms with E-state index >= 15 is 0 Å². The largest absolute Gasteiger partial charge is 0.512 e. The first-order valence-corrected chi connectivity index (χ1v) is 17.1. The molecule has 259 valence electrons. The van der Waals surface area contributed by atoms with Crippen molar-refractivity contribution in [2.75, 3.05) is 0 Å². The van der Waals surface area contributed by atoms with Gasteiger partial charge in [-0.25, -0.2) is 0 Å². The van der Waals surface area contributed by atoms with E-state index in [1.165, 1.54) is 11.6 Å². The molecule has 0 aliphatic heterocycles. The third-order valence-electron chi connectivity index (χ3n) is 8.86. The number of furan rings is 2. The van der Waals surface area contributed by atoms with Crippen molar-refractivity contribution in [3.05, 3.63) is 89.0 Å². The fourth-order valence-electron chi connectivity index (χ4n) is 6.27. The average Bonchev–Trinajstić information content (AvgIpc) is 3.54. The molecule has 0 aliphatic rings. The predicted molar refractivity (Wildman–Crippen MR) is 195 cm³/mol. The summed E-state index contributed by atoms with van der Waals surface area (Å²) < 4.78 is 12.4. The summed E-state index contributed by atoms with van der Waals surface area (Å²) in [5.41, 5.74) is 8.23. The number of carbonyl (C=O) groups is 1. The molecule has 3 heterocycles. The van der Waals surface area contributed by atoms with Crippen LogP contribution in [0.5, 0.6) is 0 Å². The molecule has 6 heteroatoms. The third-order valence-corrected chi connectivity index (χ3v) is 8.86. The van der Waals surface area contributed by atoms with Gasteiger partial charge in [0.1, 0.15) is 11.5 Å². The van der Waals surface area contributed by atoms with Gasteiger partial charge in [0.05, 0.1) is 5.76 Å². The molecule has 0 saturated heterocycles. The van der Waals surface area contributed by atoms with Crippen LogP contribution in [0.3, 0.4) is 0 Å². The number of benzene rings is 2. The van der Waals surface area contributed by atoms with Crippen LogP contribution in [0.2, 0.25) is 0 Å². The number of ketones is 1. The number of pyridine rings is 1. The predicted octanol–water partition coefficient (Wildman–Crippen LogP) is 12.1. The van der Waals surface area contributed by atoms with Crippen LogP contribution in [0.4, 0.5) is 0 Å². The maximum atomic E-state index is 11.7. The number of aliphatic hydroxyl groups excluding tert-OH is 1. The fourth-order valence-corrected chi connectivity index (χ4v) is 6.27. The van der Waals surface area contributed by atoms with Crippen LogP contribution in [-0.4, -0.2) is 15.9 Å². The van der Waals surface area contributed by atoms with E-state index in [9.17, 15) is 9.90 Å². The summed E-state index contributed by atoms with van der Waals surface area (Å²) in [7, 11) is 0. The Morgan fingerprint density at radius 1 is 0.917 bits per heavy atom. The second kappa shape index (κ2) is 16.8. The van der Waals surface area contributed by atoms with Crippen LogP contribution >= 0.6 is 0 Å². The van der Waals surface area contributed by atoms with Crippen molar-refractivity contribution in [2.24, 2.45) is 17.3 Å². The average molecular weight is 827 g/mol. The molecule has 0 unspecified atom stereocenters. The third kappa shape index (κ3) is 9.36. The van der Waals surface area contributed by atoms with Gasteiger partial charge in [-0.3, -0.25) is 4.79 Å². The minimum Gasteiger partial charge on any atom is -0.512 e. The van der Waals surface area contributed by atoms with Crippen LogP contribution in [0, 0.1) is 44.1 Å². The molecular weight excluding hydrogens is 775 g/mol. The second-order valence-electron chi connectivity index (χ2n) is 14.0. The monoisotopic (exact) mass is 827 g/mol. The number of aryl methyl sites for hydroxylation is 3. The standard InChI is InChI=1S/C29H28NO2.C13H24O2.Ir/c1-17-11-18(2)13-22(12-17)26-24-8-7-21(14-20(24)9-10-30-26)27-19(3)28-25(32-27)15-23(31-28)16-29(4,5)6;1-5-10(6-2)12(14)9-13(15)11(7-3)8-4;/h7-12,14-15H,16H2,1-6H3;9-11,14H,5-8H2,1-4H3;/q-1;;/b;12-9-;. The zero-order valence-corrected chi connectivity index (χ0v) is 32.7. The van der Waals surface area contributed by atoms with E-state index in [1.807, 2.05) is 40.0 Å². The number of allylic oxidation sites excluding steroid dienone is 2. The topological polar surface area (TPSA) is 76.5 Å². The molecule has 0 spiro atoms. The number of hydrogen-bond acceptors (Lipinski definition) is 5. The van der Waals surface area contributed by atoms with Gasteiger partial charge in [0.25, 0.3) is 0 Å². The molecule has 0 aliphatic carbocycles. The Bertz CT molecular complexity index is 1840. The number of hydrogen-bond donors (Lipinski definition) is 1. The molecule has 0 bridgehead atoms. The molecule has 5 nitrogen and oxygen atoms in total. The van der Waals surface area contributed by atoms with Gasteiger partial charge in [-0.05, 0) is 66.6 Å². The van der Waals surface area contributed by atoms with Gasteiger partial charge in [-0.15, -0.1) is 34.9 Å². The van der Waals surface area contributed by atoms with E-state index in [-0.39, 0.29) is 48.9 Å². The molecule has 0 saturated carbocycles. The van der Waals surface area contributed by atoms with E-state index in [4.69, 9.17) is 8.83 Å². The summed E-state index contributed by atoms with van der Waals surface area (Å²) in [6.45, 7) is 21.0. The molecule has 2 aromatic carbocycles. The maximum Gasteiger partial charge on any atom is 0.176 e. The molecular formula is C42H52IrNO4-. The number of carbonyl (C=O) groups excluding carboxylic acids is 1. The fraction of sp³-hybridized carbons (Fsp3) is 0.429. The van der Waals surface area contributed by atoms with Crippen molar-refractivity contribution in [1.82, 2.24) is 4.98 Å². The van der Waals surface area contributed by atoms with Crippen LogP contribution in [0.15, 0.2) is 69.3 Å². The number of rotatable bonds is 10. The van der Waals surface area contributed by atoms with Gasteiger partial charge < -0.3 is 18.9 Å². The quantitative estimate of drug-likeness (QED) is 0.0862. The van der Waals surface area contributed by atoms with Crippen LogP contribution in [0.25, 0.3) is 44.5 Å². The summed E-state index contributed by atoms with van der Waals surface area (Å²) in [5.74, 6) is 2.38. The van der Waals surface area contributed by atoms with Gasteiger partial charge in [0.2, 0.25) is 0 Å². The van der Waals surface area contributed by atoms with E-state index in [0.29, 0.717) is 0 Å². The Morgan fingerprint density at radius 2 is 1.58 bits per heavy atom. The normalized spacial score (nSPS) is 12.0. The second-order valence-corrected chi connectivity index (χ2v) is 14.0. The van der Waals surface area contributed by atoms with Crippen LogP contribution in [0.1, 0.15) is 96.6 Å². The Balaban J connectivity index is 0.000000334. The molecule has 5 rings (SSSR count). The van der Waals surface area contributed by atoms with Crippen molar-refractivity contribution >= 4 is 27.7 Å². The molecule has 1 radical (unpaired) electrons. The molecule has 0 atom stereocenters. The number of fused-ring (bicyclic) bond motifs is 2. The minimum atomic E-state index is 0.